The summed E-state index contributed by atoms with van der Waals surface area (Å²) in [6, 6.07) is 15.3. The Morgan fingerprint density at radius 3 is 2.62 bits per heavy atom. The molecule has 0 fully saturated rings. The first-order valence-corrected chi connectivity index (χ1v) is 6.82. The third-order valence-corrected chi connectivity index (χ3v) is 3.01. The number of aryl methyl sites for hydroxylation is 1. The van der Waals surface area contributed by atoms with Gasteiger partial charge in [0.2, 0.25) is 0 Å². The Bertz CT molecular complexity index is 609. The zero-order valence-corrected chi connectivity index (χ0v) is 12.2. The molecule has 0 bridgehead atoms. The molecule has 0 heterocycles. The Morgan fingerprint density at radius 2 is 1.95 bits per heavy atom. The highest BCUT2D eigenvalue weighted by Crippen LogP contribution is 2.26. The number of nitrogens with one attached hydrogen (secondary N) is 1. The molecule has 21 heavy (non-hydrogen) atoms. The Morgan fingerprint density at radius 1 is 1.24 bits per heavy atom. The summed E-state index contributed by atoms with van der Waals surface area (Å²) in [5, 5.41) is 12.0. The van der Waals surface area contributed by atoms with Crippen molar-refractivity contribution in [2.45, 2.75) is 26.6 Å². The van der Waals surface area contributed by atoms with Crippen molar-refractivity contribution in [3.05, 3.63) is 59.7 Å². The molecule has 2 aromatic rings. The molecule has 4 nitrogen and oxygen atoms in total. The Balaban J connectivity index is 2.13. The lowest BCUT2D eigenvalue weighted by molar-refractivity contribution is -0.123. The quantitative estimate of drug-likeness (QED) is 0.888. The molecule has 0 aliphatic heterocycles. The molecule has 2 N–H and O–H groups in total. The molecule has 0 radical (unpaired) electrons. The summed E-state index contributed by atoms with van der Waals surface area (Å²) in [6.45, 7) is 3.77. The number of aliphatic hydroxyl groups excluding tert-OH is 1. The van der Waals surface area contributed by atoms with Crippen LogP contribution in [-0.2, 0) is 11.4 Å². The van der Waals surface area contributed by atoms with Crippen LogP contribution >= 0.6 is 0 Å². The zero-order chi connectivity index (χ0) is 15.2. The first-order valence-electron chi connectivity index (χ1n) is 6.82. The molecule has 0 spiro atoms. The summed E-state index contributed by atoms with van der Waals surface area (Å²) >= 11 is 0. The minimum absolute atomic E-state index is 0.418. The van der Waals surface area contributed by atoms with E-state index in [9.17, 15) is 9.90 Å². The largest absolute Gasteiger partial charge is 0.487 e. The summed E-state index contributed by atoms with van der Waals surface area (Å²) in [7, 11) is 0. The van der Waals surface area contributed by atoms with Crippen molar-refractivity contribution in [3.63, 3.8) is 0 Å². The van der Waals surface area contributed by atoms with Crippen LogP contribution in [0.5, 0.6) is 5.75 Å². The molecule has 0 aliphatic carbocycles. The van der Waals surface area contributed by atoms with Crippen molar-refractivity contribution < 1.29 is 14.6 Å². The molecular formula is C17H19NO3. The highest BCUT2D eigenvalue weighted by Gasteiger charge is 2.12. The number of benzene rings is 2. The summed E-state index contributed by atoms with van der Waals surface area (Å²) in [5.74, 6) is 0.128. The molecule has 4 heteroatoms. The van der Waals surface area contributed by atoms with Gasteiger partial charge in [-0.05, 0) is 37.1 Å². The van der Waals surface area contributed by atoms with Crippen LogP contribution in [-0.4, -0.2) is 17.1 Å². The number of rotatable bonds is 5. The molecule has 2 aromatic carbocycles. The number of anilines is 1. The fraction of sp³-hybridized carbons (Fsp3) is 0.235. The maximum atomic E-state index is 11.6. The van der Waals surface area contributed by atoms with Crippen molar-refractivity contribution in [1.29, 1.82) is 0 Å². The normalized spacial score (nSPS) is 11.8. The van der Waals surface area contributed by atoms with Crippen LogP contribution in [0.4, 0.5) is 5.69 Å². The lowest BCUT2D eigenvalue weighted by Gasteiger charge is -2.14. The second kappa shape index (κ2) is 6.90. The highest BCUT2D eigenvalue weighted by molar-refractivity contribution is 5.95. The highest BCUT2D eigenvalue weighted by atomic mass is 16.5. The van der Waals surface area contributed by atoms with Crippen molar-refractivity contribution >= 4 is 11.6 Å². The van der Waals surface area contributed by atoms with E-state index in [1.165, 1.54) is 6.92 Å². The second-order valence-corrected chi connectivity index (χ2v) is 4.94. The van der Waals surface area contributed by atoms with E-state index in [0.717, 1.165) is 11.1 Å². The van der Waals surface area contributed by atoms with Gasteiger partial charge < -0.3 is 15.2 Å². The van der Waals surface area contributed by atoms with Crippen LogP contribution in [0.3, 0.4) is 0 Å². The van der Waals surface area contributed by atoms with E-state index >= 15 is 0 Å². The number of ether oxygens (including phenoxy) is 1. The zero-order valence-electron chi connectivity index (χ0n) is 12.2. The molecule has 110 valence electrons. The fourth-order valence-corrected chi connectivity index (χ4v) is 1.84. The first kappa shape index (κ1) is 15.1. The van der Waals surface area contributed by atoms with Gasteiger partial charge in [-0.15, -0.1) is 0 Å². The van der Waals surface area contributed by atoms with E-state index in [1.807, 2.05) is 55.5 Å². The second-order valence-electron chi connectivity index (χ2n) is 4.94. The predicted molar refractivity (Wildman–Crippen MR) is 82.3 cm³/mol. The van der Waals surface area contributed by atoms with Gasteiger partial charge >= 0.3 is 0 Å². The van der Waals surface area contributed by atoms with E-state index in [0.29, 0.717) is 18.0 Å². The van der Waals surface area contributed by atoms with E-state index < -0.39 is 12.0 Å². The average molecular weight is 285 g/mol. The minimum atomic E-state index is -1.06. The maximum Gasteiger partial charge on any atom is 0.253 e. The standard InChI is InChI=1S/C17H19NO3/c1-12-8-9-16(15(10-12)18-17(20)13(2)19)21-11-14-6-4-3-5-7-14/h3-10,13,19H,11H2,1-2H3,(H,18,20)/t13-/m0/s1. The summed E-state index contributed by atoms with van der Waals surface area (Å²) < 4.78 is 5.76. The molecule has 0 saturated carbocycles. The van der Waals surface area contributed by atoms with Crippen LogP contribution in [0.2, 0.25) is 0 Å². The van der Waals surface area contributed by atoms with E-state index in [-0.39, 0.29) is 0 Å². The van der Waals surface area contributed by atoms with Crippen LogP contribution in [0.15, 0.2) is 48.5 Å². The third kappa shape index (κ3) is 4.33. The summed E-state index contributed by atoms with van der Waals surface area (Å²) in [5.41, 5.74) is 2.62. The Labute approximate surface area is 124 Å². The molecule has 0 aliphatic rings. The molecular weight excluding hydrogens is 266 g/mol. The monoisotopic (exact) mass is 285 g/mol. The molecule has 0 saturated heterocycles. The van der Waals surface area contributed by atoms with Crippen LogP contribution in [0.1, 0.15) is 18.1 Å². The first-order chi connectivity index (χ1) is 10.1. The number of carbonyl (C=O) groups excluding carboxylic acids is 1. The van der Waals surface area contributed by atoms with Gasteiger partial charge in [-0.1, -0.05) is 36.4 Å². The predicted octanol–water partition coefficient (Wildman–Crippen LogP) is 2.89. The van der Waals surface area contributed by atoms with Gasteiger partial charge in [0, 0.05) is 0 Å². The van der Waals surface area contributed by atoms with Gasteiger partial charge in [0.05, 0.1) is 5.69 Å². The van der Waals surface area contributed by atoms with Gasteiger partial charge in [0.25, 0.3) is 5.91 Å². The fourth-order valence-electron chi connectivity index (χ4n) is 1.84. The van der Waals surface area contributed by atoms with Gasteiger partial charge in [-0.25, -0.2) is 0 Å². The molecule has 0 unspecified atom stereocenters. The van der Waals surface area contributed by atoms with Gasteiger partial charge in [-0.3, -0.25) is 4.79 Å². The number of carbonyl (C=O) groups is 1. The van der Waals surface area contributed by atoms with Crippen LogP contribution in [0.25, 0.3) is 0 Å². The SMILES string of the molecule is Cc1ccc(OCc2ccccc2)c(NC(=O)[C@H](C)O)c1. The van der Waals surface area contributed by atoms with Crippen molar-refractivity contribution in [2.75, 3.05) is 5.32 Å². The van der Waals surface area contributed by atoms with E-state index in [4.69, 9.17) is 4.74 Å². The molecule has 1 amide bonds. The maximum absolute atomic E-state index is 11.6. The lowest BCUT2D eigenvalue weighted by atomic mass is 10.2. The average Bonchev–Trinajstić information content (AvgIpc) is 2.47. The number of amides is 1. The van der Waals surface area contributed by atoms with E-state index in [1.54, 1.807) is 0 Å². The molecule has 2 rings (SSSR count). The van der Waals surface area contributed by atoms with Gasteiger partial charge in [0.15, 0.2) is 0 Å². The topological polar surface area (TPSA) is 58.6 Å². The Hall–Kier alpha value is -2.33. The smallest absolute Gasteiger partial charge is 0.253 e. The third-order valence-electron chi connectivity index (χ3n) is 3.01. The lowest BCUT2D eigenvalue weighted by Crippen LogP contribution is -2.24. The van der Waals surface area contributed by atoms with E-state index in [2.05, 4.69) is 5.32 Å². The minimum Gasteiger partial charge on any atom is -0.487 e. The van der Waals surface area contributed by atoms with Crippen LogP contribution in [0, 0.1) is 6.92 Å². The van der Waals surface area contributed by atoms with Crippen molar-refractivity contribution in [1.82, 2.24) is 0 Å². The summed E-state index contributed by atoms with van der Waals surface area (Å²) in [4.78, 5) is 11.6. The molecule has 0 aromatic heterocycles. The van der Waals surface area contributed by atoms with Gasteiger partial charge in [0.1, 0.15) is 18.5 Å². The van der Waals surface area contributed by atoms with Gasteiger partial charge in [-0.2, -0.15) is 0 Å². The number of hydrogen-bond donors (Lipinski definition) is 2. The number of hydrogen-bond acceptors (Lipinski definition) is 3. The van der Waals surface area contributed by atoms with Crippen molar-refractivity contribution in [2.24, 2.45) is 0 Å². The molecule has 1 atom stereocenters. The van der Waals surface area contributed by atoms with Crippen molar-refractivity contribution in [3.8, 4) is 5.75 Å². The Kier molecular flexibility index (Phi) is 4.95. The van der Waals surface area contributed by atoms with Crippen LogP contribution < -0.4 is 10.1 Å². The number of aliphatic hydroxyl groups is 1. The summed E-state index contributed by atoms with van der Waals surface area (Å²) in [6.07, 6.45) is -1.06.